The number of alkyl halides is 1. The lowest BCUT2D eigenvalue weighted by atomic mass is 9.87. The van der Waals surface area contributed by atoms with Crippen LogP contribution in [0.3, 0.4) is 0 Å². The van der Waals surface area contributed by atoms with E-state index in [4.69, 9.17) is 11.6 Å². The summed E-state index contributed by atoms with van der Waals surface area (Å²) in [6, 6.07) is 6.75. The van der Waals surface area contributed by atoms with E-state index in [2.05, 4.69) is 0 Å². The zero-order valence-corrected chi connectivity index (χ0v) is 10.5. The molecule has 3 nitrogen and oxygen atoms in total. The van der Waals surface area contributed by atoms with Gasteiger partial charge < -0.3 is 0 Å². The van der Waals surface area contributed by atoms with Crippen LogP contribution in [-0.2, 0) is 6.42 Å². The molecule has 0 N–H and O–H groups in total. The number of rotatable bonds is 3. The van der Waals surface area contributed by atoms with Gasteiger partial charge in [-0.2, -0.15) is 0 Å². The quantitative estimate of drug-likeness (QED) is 0.459. The molecule has 1 aromatic carbocycles. The molecule has 16 heavy (non-hydrogen) atoms. The summed E-state index contributed by atoms with van der Waals surface area (Å²) in [5.41, 5.74) is 0.783. The minimum atomic E-state index is -0.360. The molecule has 1 unspecified atom stereocenters. The second-order valence-corrected chi connectivity index (χ2v) is 5.45. The number of benzene rings is 1. The third-order valence-electron chi connectivity index (χ3n) is 2.53. The van der Waals surface area contributed by atoms with Crippen LogP contribution >= 0.6 is 11.6 Å². The topological polar surface area (TPSA) is 43.1 Å². The Labute approximate surface area is 101 Å². The van der Waals surface area contributed by atoms with Gasteiger partial charge in [0.2, 0.25) is 0 Å². The minimum Gasteiger partial charge on any atom is -0.258 e. The molecule has 0 amide bonds. The van der Waals surface area contributed by atoms with Crippen LogP contribution in [0.2, 0.25) is 0 Å². The lowest BCUT2D eigenvalue weighted by Crippen LogP contribution is -2.23. The Balaban J connectivity index is 2.93. The van der Waals surface area contributed by atoms with Gasteiger partial charge in [0, 0.05) is 17.0 Å². The van der Waals surface area contributed by atoms with Crippen molar-refractivity contribution in [2.75, 3.05) is 0 Å². The largest absolute Gasteiger partial charge is 0.272 e. The van der Waals surface area contributed by atoms with E-state index < -0.39 is 0 Å². The molecule has 1 rings (SSSR count). The van der Waals surface area contributed by atoms with Crippen LogP contribution in [0.1, 0.15) is 26.3 Å². The molecule has 4 heteroatoms. The summed E-state index contributed by atoms with van der Waals surface area (Å²) in [5.74, 6) is 0. The van der Waals surface area contributed by atoms with Gasteiger partial charge in [0.1, 0.15) is 0 Å². The van der Waals surface area contributed by atoms with Crippen molar-refractivity contribution in [2.24, 2.45) is 5.41 Å². The summed E-state index contributed by atoms with van der Waals surface area (Å²) in [4.78, 5) is 10.5. The Kier molecular flexibility index (Phi) is 3.92. The molecule has 0 bridgehead atoms. The summed E-state index contributed by atoms with van der Waals surface area (Å²) < 4.78 is 0. The van der Waals surface area contributed by atoms with E-state index in [-0.39, 0.29) is 21.4 Å². The van der Waals surface area contributed by atoms with Gasteiger partial charge in [0.25, 0.3) is 5.69 Å². The summed E-state index contributed by atoms with van der Waals surface area (Å²) >= 11 is 6.25. The Morgan fingerprint density at radius 1 is 1.38 bits per heavy atom. The van der Waals surface area contributed by atoms with Crippen LogP contribution in [0.5, 0.6) is 0 Å². The average Bonchev–Trinajstić information content (AvgIpc) is 2.16. The van der Waals surface area contributed by atoms with E-state index in [1.807, 2.05) is 20.8 Å². The zero-order valence-electron chi connectivity index (χ0n) is 9.74. The SMILES string of the molecule is CC(C)(C)C(Cl)Cc1ccccc1[N+](=O)[O-]. The summed E-state index contributed by atoms with van der Waals surface area (Å²) in [5, 5.41) is 10.7. The van der Waals surface area contributed by atoms with Gasteiger partial charge in [0.15, 0.2) is 0 Å². The molecule has 0 aromatic heterocycles. The molecular formula is C12H16ClNO2. The van der Waals surface area contributed by atoms with Gasteiger partial charge in [-0.15, -0.1) is 11.6 Å². The fourth-order valence-electron chi connectivity index (χ4n) is 1.36. The first-order valence-corrected chi connectivity index (χ1v) is 5.62. The van der Waals surface area contributed by atoms with Gasteiger partial charge in [-0.1, -0.05) is 39.0 Å². The second kappa shape index (κ2) is 4.83. The monoisotopic (exact) mass is 241 g/mol. The first-order chi connectivity index (χ1) is 7.32. The normalized spacial score (nSPS) is 13.5. The van der Waals surface area contributed by atoms with E-state index in [0.717, 1.165) is 0 Å². The Bertz CT molecular complexity index is 385. The molecule has 1 atom stereocenters. The molecule has 0 saturated heterocycles. The number of nitrogens with zero attached hydrogens (tertiary/aromatic N) is 1. The molecule has 0 radical (unpaired) electrons. The van der Waals surface area contributed by atoms with Crippen molar-refractivity contribution >= 4 is 17.3 Å². The lowest BCUT2D eigenvalue weighted by Gasteiger charge is -2.24. The van der Waals surface area contributed by atoms with E-state index in [1.54, 1.807) is 18.2 Å². The van der Waals surface area contributed by atoms with Crippen molar-refractivity contribution in [3.05, 3.63) is 39.9 Å². The van der Waals surface area contributed by atoms with Crippen LogP contribution in [-0.4, -0.2) is 10.3 Å². The van der Waals surface area contributed by atoms with E-state index >= 15 is 0 Å². The van der Waals surface area contributed by atoms with Gasteiger partial charge in [-0.25, -0.2) is 0 Å². The van der Waals surface area contributed by atoms with Crippen molar-refractivity contribution in [3.63, 3.8) is 0 Å². The number of hydrogen-bond donors (Lipinski definition) is 0. The predicted molar refractivity (Wildman–Crippen MR) is 65.9 cm³/mol. The standard InChI is InChI=1S/C12H16ClNO2/c1-12(2,3)11(13)8-9-6-4-5-7-10(9)14(15)16/h4-7,11H,8H2,1-3H3. The Hall–Kier alpha value is -1.09. The highest BCUT2D eigenvalue weighted by atomic mass is 35.5. The zero-order chi connectivity index (χ0) is 12.3. The number of hydrogen-bond acceptors (Lipinski definition) is 2. The second-order valence-electron chi connectivity index (χ2n) is 4.92. The maximum absolute atomic E-state index is 10.8. The van der Waals surface area contributed by atoms with E-state index in [1.165, 1.54) is 6.07 Å². The van der Waals surface area contributed by atoms with Gasteiger partial charge in [0.05, 0.1) is 4.92 Å². The molecule has 1 aromatic rings. The first kappa shape index (κ1) is 13.0. The van der Waals surface area contributed by atoms with Crippen LogP contribution in [0.15, 0.2) is 24.3 Å². The first-order valence-electron chi connectivity index (χ1n) is 5.18. The average molecular weight is 242 g/mol. The Morgan fingerprint density at radius 3 is 2.44 bits per heavy atom. The van der Waals surface area contributed by atoms with Crippen LogP contribution in [0, 0.1) is 15.5 Å². The fourth-order valence-corrected chi connectivity index (χ4v) is 1.53. The highest BCUT2D eigenvalue weighted by Crippen LogP contribution is 2.30. The summed E-state index contributed by atoms with van der Waals surface area (Å²) in [7, 11) is 0. The number of para-hydroxylation sites is 1. The molecule has 0 aliphatic carbocycles. The van der Waals surface area contributed by atoms with Crippen LogP contribution < -0.4 is 0 Å². The van der Waals surface area contributed by atoms with Crippen molar-refractivity contribution < 1.29 is 4.92 Å². The smallest absolute Gasteiger partial charge is 0.258 e. The summed E-state index contributed by atoms with van der Waals surface area (Å²) in [6.07, 6.45) is 0.516. The van der Waals surface area contributed by atoms with Crippen molar-refractivity contribution in [3.8, 4) is 0 Å². The lowest BCUT2D eigenvalue weighted by molar-refractivity contribution is -0.385. The molecule has 88 valence electrons. The minimum absolute atomic E-state index is 0.0642. The third kappa shape index (κ3) is 3.20. The molecule has 0 aliphatic rings. The molecule has 0 saturated carbocycles. The summed E-state index contributed by atoms with van der Waals surface area (Å²) in [6.45, 7) is 6.08. The van der Waals surface area contributed by atoms with Crippen LogP contribution in [0.4, 0.5) is 5.69 Å². The number of nitro groups is 1. The molecule has 0 aliphatic heterocycles. The van der Waals surface area contributed by atoms with Gasteiger partial charge >= 0.3 is 0 Å². The maximum atomic E-state index is 10.8. The number of nitro benzene ring substituents is 1. The number of halogens is 1. The van der Waals surface area contributed by atoms with Gasteiger partial charge in [-0.3, -0.25) is 10.1 Å². The third-order valence-corrected chi connectivity index (χ3v) is 3.34. The Morgan fingerprint density at radius 2 is 1.94 bits per heavy atom. The van der Waals surface area contributed by atoms with E-state index in [9.17, 15) is 10.1 Å². The van der Waals surface area contributed by atoms with Crippen molar-refractivity contribution in [2.45, 2.75) is 32.6 Å². The highest BCUT2D eigenvalue weighted by molar-refractivity contribution is 6.21. The maximum Gasteiger partial charge on any atom is 0.272 e. The molecule has 0 spiro atoms. The van der Waals surface area contributed by atoms with Crippen molar-refractivity contribution in [1.29, 1.82) is 0 Å². The van der Waals surface area contributed by atoms with Crippen LogP contribution in [0.25, 0.3) is 0 Å². The van der Waals surface area contributed by atoms with Gasteiger partial charge in [-0.05, 0) is 11.8 Å². The van der Waals surface area contributed by atoms with Crippen molar-refractivity contribution in [1.82, 2.24) is 0 Å². The molecule has 0 fully saturated rings. The van der Waals surface area contributed by atoms with E-state index in [0.29, 0.717) is 12.0 Å². The molecular weight excluding hydrogens is 226 g/mol. The fraction of sp³-hybridized carbons (Fsp3) is 0.500. The molecule has 0 heterocycles. The predicted octanol–water partition coefficient (Wildman–Crippen LogP) is 3.79. The highest BCUT2D eigenvalue weighted by Gasteiger charge is 2.25.